The molecule has 2 unspecified atom stereocenters. The maximum atomic E-state index is 13.1. The quantitative estimate of drug-likeness (QED) is 0.760. The summed E-state index contributed by atoms with van der Waals surface area (Å²) in [7, 11) is 0. The Bertz CT molecular complexity index is 571. The van der Waals surface area contributed by atoms with Crippen LogP contribution < -0.4 is 5.32 Å². The lowest BCUT2D eigenvalue weighted by Gasteiger charge is -2.06. The fraction of sp³-hybridized carbons (Fsp3) is 0.250. The second-order valence-electron chi connectivity index (χ2n) is 4.28. The van der Waals surface area contributed by atoms with Crippen LogP contribution in [-0.4, -0.2) is 28.1 Å². The van der Waals surface area contributed by atoms with Gasteiger partial charge in [0.25, 0.3) is 0 Å². The summed E-state index contributed by atoms with van der Waals surface area (Å²) in [6.45, 7) is 0. The maximum absolute atomic E-state index is 13.1. The van der Waals surface area contributed by atoms with Crippen molar-refractivity contribution in [1.82, 2.24) is 0 Å². The molecule has 0 heterocycles. The predicted molar refractivity (Wildman–Crippen MR) is 61.2 cm³/mol. The van der Waals surface area contributed by atoms with E-state index in [2.05, 4.69) is 5.32 Å². The van der Waals surface area contributed by atoms with Crippen LogP contribution in [-0.2, 0) is 9.59 Å². The predicted octanol–water partition coefficient (Wildman–Crippen LogP) is 1.18. The molecule has 0 aliphatic heterocycles. The molecule has 0 aromatic heterocycles. The van der Waals surface area contributed by atoms with E-state index in [4.69, 9.17) is 10.2 Å². The van der Waals surface area contributed by atoms with Crippen molar-refractivity contribution in [2.75, 3.05) is 5.32 Å². The first-order chi connectivity index (χ1) is 8.90. The Kier molecular flexibility index (Phi) is 3.20. The Hall–Kier alpha value is -2.44. The second-order valence-corrected chi connectivity index (χ2v) is 4.28. The number of rotatable bonds is 4. The smallest absolute Gasteiger partial charge is 0.338 e. The highest BCUT2D eigenvalue weighted by molar-refractivity contribution is 5.99. The van der Waals surface area contributed by atoms with Crippen molar-refractivity contribution >= 4 is 23.5 Å². The van der Waals surface area contributed by atoms with Crippen LogP contribution in [0.15, 0.2) is 18.2 Å². The fourth-order valence-corrected chi connectivity index (χ4v) is 1.76. The molecular weight excluding hydrogens is 257 g/mol. The van der Waals surface area contributed by atoms with Crippen LogP contribution >= 0.6 is 0 Å². The highest BCUT2D eigenvalue weighted by Crippen LogP contribution is 2.39. The molecule has 2 atom stereocenters. The molecule has 1 amide bonds. The molecular formula is C12H10FNO5. The van der Waals surface area contributed by atoms with Crippen LogP contribution in [0.4, 0.5) is 10.1 Å². The van der Waals surface area contributed by atoms with E-state index in [1.165, 1.54) is 6.07 Å². The first kappa shape index (κ1) is 13.0. The van der Waals surface area contributed by atoms with E-state index in [9.17, 15) is 18.8 Å². The summed E-state index contributed by atoms with van der Waals surface area (Å²) < 4.78 is 13.1. The van der Waals surface area contributed by atoms with E-state index in [0.717, 1.165) is 12.1 Å². The number of carbonyl (C=O) groups is 3. The zero-order chi connectivity index (χ0) is 14.2. The third-order valence-electron chi connectivity index (χ3n) is 2.91. The molecule has 100 valence electrons. The fourth-order valence-electron chi connectivity index (χ4n) is 1.76. The zero-order valence-electron chi connectivity index (χ0n) is 9.59. The number of carboxylic acid groups (broad SMARTS) is 2. The number of amides is 1. The van der Waals surface area contributed by atoms with Gasteiger partial charge in [-0.3, -0.25) is 9.59 Å². The minimum Gasteiger partial charge on any atom is -0.481 e. The van der Waals surface area contributed by atoms with Gasteiger partial charge < -0.3 is 15.5 Å². The SMILES string of the molecule is O=C(O)c1cc(NC(=O)C2CC2C(=O)O)ccc1F. The molecule has 0 saturated heterocycles. The van der Waals surface area contributed by atoms with Gasteiger partial charge in [0.15, 0.2) is 0 Å². The normalized spacial score (nSPS) is 20.7. The Labute approximate surface area is 106 Å². The van der Waals surface area contributed by atoms with Crippen molar-refractivity contribution in [3.05, 3.63) is 29.6 Å². The average Bonchev–Trinajstić information content (AvgIpc) is 3.11. The number of aromatic carboxylic acids is 1. The Morgan fingerprint density at radius 2 is 1.89 bits per heavy atom. The van der Waals surface area contributed by atoms with E-state index in [0.29, 0.717) is 0 Å². The van der Waals surface area contributed by atoms with Gasteiger partial charge in [-0.1, -0.05) is 0 Å². The third kappa shape index (κ3) is 2.70. The second kappa shape index (κ2) is 4.68. The zero-order valence-corrected chi connectivity index (χ0v) is 9.59. The molecule has 1 aliphatic carbocycles. The first-order valence-corrected chi connectivity index (χ1v) is 5.46. The molecule has 3 N–H and O–H groups in total. The van der Waals surface area contributed by atoms with Gasteiger partial charge in [0.05, 0.1) is 17.4 Å². The molecule has 7 heteroatoms. The number of aliphatic carboxylic acids is 1. The van der Waals surface area contributed by atoms with Crippen molar-refractivity contribution in [3.8, 4) is 0 Å². The molecule has 6 nitrogen and oxygen atoms in total. The lowest BCUT2D eigenvalue weighted by Crippen LogP contribution is -2.17. The number of carbonyl (C=O) groups excluding carboxylic acids is 1. The van der Waals surface area contributed by atoms with Crippen LogP contribution in [0.1, 0.15) is 16.8 Å². The topological polar surface area (TPSA) is 104 Å². The van der Waals surface area contributed by atoms with Crippen LogP contribution in [0.3, 0.4) is 0 Å². The average molecular weight is 267 g/mol. The summed E-state index contributed by atoms with van der Waals surface area (Å²) in [5.41, 5.74) is -0.428. The molecule has 2 rings (SSSR count). The van der Waals surface area contributed by atoms with Gasteiger partial charge in [0.2, 0.25) is 5.91 Å². The number of hydrogen-bond acceptors (Lipinski definition) is 3. The van der Waals surface area contributed by atoms with E-state index in [1.54, 1.807) is 0 Å². The first-order valence-electron chi connectivity index (χ1n) is 5.46. The summed E-state index contributed by atoms with van der Waals surface area (Å²) in [6, 6.07) is 3.15. The molecule has 1 aliphatic rings. The van der Waals surface area contributed by atoms with E-state index >= 15 is 0 Å². The summed E-state index contributed by atoms with van der Waals surface area (Å²) in [5, 5.41) is 19.8. The van der Waals surface area contributed by atoms with Crippen molar-refractivity contribution in [1.29, 1.82) is 0 Å². The molecule has 1 aromatic carbocycles. The molecule has 0 bridgehead atoms. The minimum atomic E-state index is -1.44. The number of anilines is 1. The number of benzene rings is 1. The number of carboxylic acids is 2. The van der Waals surface area contributed by atoms with E-state index in [1.807, 2.05) is 0 Å². The Balaban J connectivity index is 2.08. The monoisotopic (exact) mass is 267 g/mol. The van der Waals surface area contributed by atoms with Crippen LogP contribution in [0.5, 0.6) is 0 Å². The van der Waals surface area contributed by atoms with Crippen LogP contribution in [0.25, 0.3) is 0 Å². The molecule has 0 radical (unpaired) electrons. The van der Waals surface area contributed by atoms with Gasteiger partial charge in [0.1, 0.15) is 5.82 Å². The number of hydrogen-bond donors (Lipinski definition) is 3. The van der Waals surface area contributed by atoms with Gasteiger partial charge in [-0.25, -0.2) is 9.18 Å². The molecule has 1 saturated carbocycles. The van der Waals surface area contributed by atoms with Gasteiger partial charge in [-0.05, 0) is 24.6 Å². The molecule has 1 aromatic rings. The Morgan fingerprint density at radius 3 is 2.42 bits per heavy atom. The van der Waals surface area contributed by atoms with Gasteiger partial charge in [-0.2, -0.15) is 0 Å². The lowest BCUT2D eigenvalue weighted by molar-refractivity contribution is -0.139. The van der Waals surface area contributed by atoms with Crippen molar-refractivity contribution < 1.29 is 29.0 Å². The summed E-state index contributed by atoms with van der Waals surface area (Å²) in [4.78, 5) is 33.0. The standard InChI is InChI=1S/C12H10FNO5/c13-9-2-1-5(3-8(9)12(18)19)14-10(15)6-4-7(6)11(16)17/h1-3,6-7H,4H2,(H,14,15)(H,16,17)(H,18,19). The third-order valence-corrected chi connectivity index (χ3v) is 2.91. The lowest BCUT2D eigenvalue weighted by atomic mass is 10.2. The van der Waals surface area contributed by atoms with E-state index in [-0.39, 0.29) is 12.1 Å². The van der Waals surface area contributed by atoms with Gasteiger partial charge in [0, 0.05) is 5.69 Å². The maximum Gasteiger partial charge on any atom is 0.338 e. The largest absolute Gasteiger partial charge is 0.481 e. The number of nitrogens with one attached hydrogen (secondary N) is 1. The Morgan fingerprint density at radius 1 is 1.21 bits per heavy atom. The highest BCUT2D eigenvalue weighted by atomic mass is 19.1. The van der Waals surface area contributed by atoms with Crippen LogP contribution in [0.2, 0.25) is 0 Å². The molecule has 19 heavy (non-hydrogen) atoms. The van der Waals surface area contributed by atoms with Crippen molar-refractivity contribution in [2.45, 2.75) is 6.42 Å². The van der Waals surface area contributed by atoms with Crippen LogP contribution in [0, 0.1) is 17.7 Å². The number of halogens is 1. The minimum absolute atomic E-state index is 0.125. The van der Waals surface area contributed by atoms with Gasteiger partial charge in [-0.15, -0.1) is 0 Å². The molecule has 0 spiro atoms. The summed E-state index contributed by atoms with van der Waals surface area (Å²) >= 11 is 0. The van der Waals surface area contributed by atoms with Gasteiger partial charge >= 0.3 is 11.9 Å². The highest BCUT2D eigenvalue weighted by Gasteiger charge is 2.48. The van der Waals surface area contributed by atoms with E-state index < -0.39 is 41.1 Å². The van der Waals surface area contributed by atoms with Crippen molar-refractivity contribution in [3.63, 3.8) is 0 Å². The molecule has 1 fully saturated rings. The van der Waals surface area contributed by atoms with Crippen molar-refractivity contribution in [2.24, 2.45) is 11.8 Å². The summed E-state index contributed by atoms with van der Waals surface area (Å²) in [6.07, 6.45) is 0.258. The summed E-state index contributed by atoms with van der Waals surface area (Å²) in [5.74, 6) is -5.19.